The van der Waals surface area contributed by atoms with E-state index in [1.165, 1.54) is 6.20 Å². The fraction of sp³-hybridized carbons (Fsp3) is 0.429. The van der Waals surface area contributed by atoms with E-state index >= 15 is 0 Å². The molecule has 0 fully saturated rings. The highest BCUT2D eigenvalue weighted by Gasteiger charge is 2.20. The molecule has 0 N–H and O–H groups in total. The lowest BCUT2D eigenvalue weighted by Gasteiger charge is -2.19. The number of hydrogen-bond acceptors (Lipinski definition) is 3. The quantitative estimate of drug-likeness (QED) is 0.545. The molecule has 2 heterocycles. The molecule has 0 saturated heterocycles. The summed E-state index contributed by atoms with van der Waals surface area (Å²) in [5, 5.41) is 3.70. The monoisotopic (exact) mass is 187 g/mol. The van der Waals surface area contributed by atoms with Crippen molar-refractivity contribution in [3.63, 3.8) is 0 Å². The SMILES string of the molecule is O=c1c2c(cnn1F)CCN(F)C2. The number of aromatic nitrogens is 2. The first-order valence-electron chi connectivity index (χ1n) is 3.85. The fourth-order valence-corrected chi connectivity index (χ4v) is 1.38. The Morgan fingerprint density at radius 2 is 2.23 bits per heavy atom. The number of fused-ring (bicyclic) bond motifs is 1. The van der Waals surface area contributed by atoms with Gasteiger partial charge in [-0.3, -0.25) is 4.79 Å². The van der Waals surface area contributed by atoms with E-state index in [0.717, 1.165) is 0 Å². The van der Waals surface area contributed by atoms with Crippen LogP contribution in [0.4, 0.5) is 8.96 Å². The summed E-state index contributed by atoms with van der Waals surface area (Å²) >= 11 is 0. The van der Waals surface area contributed by atoms with Crippen LogP contribution in [0.15, 0.2) is 11.0 Å². The molecule has 0 spiro atoms. The summed E-state index contributed by atoms with van der Waals surface area (Å²) < 4.78 is 25.3. The van der Waals surface area contributed by atoms with Crippen molar-refractivity contribution in [1.29, 1.82) is 0 Å². The van der Waals surface area contributed by atoms with Gasteiger partial charge in [-0.2, -0.15) is 0 Å². The van der Waals surface area contributed by atoms with E-state index in [1.54, 1.807) is 0 Å². The molecule has 0 bridgehead atoms. The molecule has 0 unspecified atom stereocenters. The van der Waals surface area contributed by atoms with Crippen molar-refractivity contribution in [2.75, 3.05) is 6.54 Å². The van der Waals surface area contributed by atoms with Gasteiger partial charge in [0.25, 0.3) is 0 Å². The molecule has 4 nitrogen and oxygen atoms in total. The second kappa shape index (κ2) is 2.88. The molecular weight excluding hydrogens is 180 g/mol. The van der Waals surface area contributed by atoms with E-state index in [0.29, 0.717) is 17.1 Å². The highest BCUT2D eigenvalue weighted by Crippen LogP contribution is 2.14. The van der Waals surface area contributed by atoms with Crippen LogP contribution in [0.25, 0.3) is 0 Å². The van der Waals surface area contributed by atoms with Crippen LogP contribution in [0, 0.1) is 0 Å². The standard InChI is InChI=1S/C7H7F2N3O/c8-11-2-1-5-3-10-12(9)7(13)6(5)4-11/h3H,1-2,4H2. The Bertz CT molecular complexity index is 390. The molecule has 6 heteroatoms. The Kier molecular flexibility index (Phi) is 1.84. The third kappa shape index (κ3) is 1.33. The van der Waals surface area contributed by atoms with Gasteiger partial charge < -0.3 is 0 Å². The molecule has 1 aliphatic heterocycles. The van der Waals surface area contributed by atoms with Crippen LogP contribution in [0.1, 0.15) is 11.1 Å². The molecule has 0 radical (unpaired) electrons. The number of hydrogen-bond donors (Lipinski definition) is 0. The topological polar surface area (TPSA) is 38.1 Å². The van der Waals surface area contributed by atoms with E-state index in [4.69, 9.17) is 0 Å². The number of rotatable bonds is 0. The minimum Gasteiger partial charge on any atom is -0.265 e. The zero-order valence-electron chi connectivity index (χ0n) is 6.70. The lowest BCUT2D eigenvalue weighted by Crippen LogP contribution is -2.32. The third-order valence-corrected chi connectivity index (χ3v) is 2.08. The second-order valence-corrected chi connectivity index (χ2v) is 2.91. The first-order valence-corrected chi connectivity index (χ1v) is 3.85. The lowest BCUT2D eigenvalue weighted by atomic mass is 10.1. The molecule has 1 aliphatic rings. The Labute approximate surface area is 72.3 Å². The van der Waals surface area contributed by atoms with Crippen molar-refractivity contribution in [3.8, 4) is 0 Å². The van der Waals surface area contributed by atoms with Crippen LogP contribution in [0.5, 0.6) is 0 Å². The Morgan fingerprint density at radius 3 is 3.00 bits per heavy atom. The smallest absolute Gasteiger partial charge is 0.265 e. The lowest BCUT2D eigenvalue weighted by molar-refractivity contribution is 0.00887. The van der Waals surface area contributed by atoms with Gasteiger partial charge in [-0.25, -0.2) is 0 Å². The summed E-state index contributed by atoms with van der Waals surface area (Å²) in [4.78, 5) is 10.8. The Morgan fingerprint density at radius 1 is 1.46 bits per heavy atom. The first-order chi connectivity index (χ1) is 6.18. The number of nitrogens with zero attached hydrogens (tertiary/aromatic N) is 3. The minimum absolute atomic E-state index is 0.152. The van der Waals surface area contributed by atoms with Crippen LogP contribution in [-0.2, 0) is 13.0 Å². The van der Waals surface area contributed by atoms with Crippen molar-refractivity contribution in [2.45, 2.75) is 13.0 Å². The normalized spacial score (nSPS) is 17.1. The van der Waals surface area contributed by atoms with Gasteiger partial charge in [0.15, 0.2) is 0 Å². The predicted octanol–water partition coefficient (Wildman–Crippen LogP) is 0.218. The van der Waals surface area contributed by atoms with E-state index in [-0.39, 0.29) is 23.6 Å². The van der Waals surface area contributed by atoms with E-state index in [9.17, 15) is 13.8 Å². The van der Waals surface area contributed by atoms with Crippen LogP contribution in [0.3, 0.4) is 0 Å². The van der Waals surface area contributed by atoms with Gasteiger partial charge in [0.05, 0.1) is 12.7 Å². The van der Waals surface area contributed by atoms with Crippen molar-refractivity contribution in [3.05, 3.63) is 27.7 Å². The minimum atomic E-state index is -0.861. The van der Waals surface area contributed by atoms with E-state index in [2.05, 4.69) is 5.10 Å². The summed E-state index contributed by atoms with van der Waals surface area (Å²) in [6.45, 7) is 0.0744. The van der Waals surface area contributed by atoms with Crippen LogP contribution in [0.2, 0.25) is 0 Å². The summed E-state index contributed by atoms with van der Waals surface area (Å²) in [6, 6.07) is 0. The molecule has 0 saturated carbocycles. The molecule has 1 aromatic rings. The number of halogens is 2. The molecule has 2 rings (SSSR count). The van der Waals surface area contributed by atoms with Crippen LogP contribution < -0.4 is 5.56 Å². The summed E-state index contributed by atoms with van der Waals surface area (Å²) in [5.74, 6) is 0. The second-order valence-electron chi connectivity index (χ2n) is 2.91. The zero-order chi connectivity index (χ0) is 9.42. The molecule has 70 valence electrons. The van der Waals surface area contributed by atoms with Gasteiger partial charge in [-0.05, 0) is 12.0 Å². The predicted molar refractivity (Wildman–Crippen MR) is 40.2 cm³/mol. The van der Waals surface area contributed by atoms with Crippen LogP contribution in [-0.4, -0.2) is 21.7 Å². The van der Waals surface area contributed by atoms with E-state index in [1.807, 2.05) is 0 Å². The summed E-state index contributed by atoms with van der Waals surface area (Å²) in [7, 11) is 0. The van der Waals surface area contributed by atoms with Gasteiger partial charge in [0.2, 0.25) is 0 Å². The van der Waals surface area contributed by atoms with E-state index < -0.39 is 5.56 Å². The highest BCUT2D eigenvalue weighted by atomic mass is 19.2. The highest BCUT2D eigenvalue weighted by molar-refractivity contribution is 5.23. The largest absolute Gasteiger partial charge is 0.302 e. The van der Waals surface area contributed by atoms with Gasteiger partial charge in [0, 0.05) is 12.1 Å². The zero-order valence-corrected chi connectivity index (χ0v) is 6.70. The molecule has 13 heavy (non-hydrogen) atoms. The van der Waals surface area contributed by atoms with Gasteiger partial charge in [-0.1, -0.05) is 9.39 Å². The van der Waals surface area contributed by atoms with Crippen molar-refractivity contribution < 1.29 is 8.96 Å². The van der Waals surface area contributed by atoms with Crippen LogP contribution >= 0.6 is 0 Å². The maximum atomic E-state index is 12.7. The fourth-order valence-electron chi connectivity index (χ4n) is 1.38. The third-order valence-electron chi connectivity index (χ3n) is 2.08. The first kappa shape index (κ1) is 8.31. The molecule has 0 amide bonds. The summed E-state index contributed by atoms with van der Waals surface area (Å²) in [6.07, 6.45) is 1.67. The molecule has 0 aliphatic carbocycles. The molecule has 0 atom stereocenters. The van der Waals surface area contributed by atoms with Gasteiger partial charge >= 0.3 is 5.56 Å². The van der Waals surface area contributed by atoms with Crippen molar-refractivity contribution >= 4 is 0 Å². The average Bonchev–Trinajstić information content (AvgIpc) is 2.12. The maximum absolute atomic E-state index is 12.7. The maximum Gasteiger partial charge on any atom is 0.302 e. The van der Waals surface area contributed by atoms with Crippen molar-refractivity contribution in [1.82, 2.24) is 15.1 Å². The molecular formula is C7H7F2N3O. The van der Waals surface area contributed by atoms with Crippen molar-refractivity contribution in [2.24, 2.45) is 0 Å². The molecule has 1 aromatic heterocycles. The van der Waals surface area contributed by atoms with Gasteiger partial charge in [-0.15, -0.1) is 14.7 Å². The Hall–Kier alpha value is -1.30. The summed E-state index contributed by atoms with van der Waals surface area (Å²) in [5.41, 5.74) is -0.0705. The Balaban J connectivity index is 2.55. The average molecular weight is 187 g/mol. The van der Waals surface area contributed by atoms with Gasteiger partial charge in [0.1, 0.15) is 0 Å². The molecule has 0 aromatic carbocycles.